The average molecular weight is 300 g/mol. The van der Waals surface area contributed by atoms with Crippen molar-refractivity contribution in [2.45, 2.75) is 12.5 Å². The van der Waals surface area contributed by atoms with E-state index in [1.165, 1.54) is 13.2 Å². The summed E-state index contributed by atoms with van der Waals surface area (Å²) >= 11 is 5.78. The number of methoxy groups -OCH3 is 1. The SMILES string of the molecule is COC(=O)NC1CCN(c2ccc(Cl)c(C(=O)O)n2)C1. The van der Waals surface area contributed by atoms with Crippen LogP contribution in [0.15, 0.2) is 12.1 Å². The summed E-state index contributed by atoms with van der Waals surface area (Å²) in [5, 5.41) is 11.8. The van der Waals surface area contributed by atoms with Gasteiger partial charge in [-0.2, -0.15) is 0 Å². The van der Waals surface area contributed by atoms with Crippen molar-refractivity contribution in [3.63, 3.8) is 0 Å². The molecule has 2 heterocycles. The number of alkyl carbamates (subject to hydrolysis) is 1. The number of ether oxygens (including phenoxy) is 1. The number of pyridine rings is 1. The van der Waals surface area contributed by atoms with Crippen molar-refractivity contribution in [2.75, 3.05) is 25.1 Å². The fourth-order valence-electron chi connectivity index (χ4n) is 2.07. The molecule has 1 aromatic heterocycles. The van der Waals surface area contributed by atoms with Crippen LogP contribution in [-0.4, -0.2) is 48.4 Å². The third-order valence-corrected chi connectivity index (χ3v) is 3.36. The van der Waals surface area contributed by atoms with Crippen LogP contribution in [0.2, 0.25) is 5.02 Å². The number of nitrogens with zero attached hydrogens (tertiary/aromatic N) is 2. The first-order valence-corrected chi connectivity index (χ1v) is 6.38. The van der Waals surface area contributed by atoms with Gasteiger partial charge in [0.15, 0.2) is 5.69 Å². The Hall–Kier alpha value is -2.02. The summed E-state index contributed by atoms with van der Waals surface area (Å²) in [6.07, 6.45) is 0.258. The van der Waals surface area contributed by atoms with Crippen molar-refractivity contribution in [2.24, 2.45) is 0 Å². The van der Waals surface area contributed by atoms with Crippen LogP contribution in [0.3, 0.4) is 0 Å². The number of carboxylic acid groups (broad SMARTS) is 1. The Morgan fingerprint density at radius 3 is 2.95 bits per heavy atom. The fraction of sp³-hybridized carbons (Fsp3) is 0.417. The molecule has 0 saturated carbocycles. The molecular weight excluding hydrogens is 286 g/mol. The van der Waals surface area contributed by atoms with Crippen molar-refractivity contribution in [1.29, 1.82) is 0 Å². The van der Waals surface area contributed by atoms with Gasteiger partial charge in [-0.3, -0.25) is 0 Å². The Kier molecular flexibility index (Phi) is 4.29. The van der Waals surface area contributed by atoms with E-state index in [0.717, 1.165) is 6.42 Å². The molecule has 0 radical (unpaired) electrons. The molecule has 1 amide bonds. The van der Waals surface area contributed by atoms with Crippen LogP contribution in [-0.2, 0) is 4.74 Å². The van der Waals surface area contributed by atoms with E-state index in [9.17, 15) is 9.59 Å². The molecule has 1 aromatic rings. The van der Waals surface area contributed by atoms with Gasteiger partial charge in [-0.05, 0) is 18.6 Å². The first kappa shape index (κ1) is 14.4. The number of nitrogens with one attached hydrogen (secondary N) is 1. The van der Waals surface area contributed by atoms with Gasteiger partial charge in [0.1, 0.15) is 5.82 Å². The van der Waals surface area contributed by atoms with Crippen molar-refractivity contribution < 1.29 is 19.4 Å². The number of carboxylic acids is 1. The van der Waals surface area contributed by atoms with Crippen LogP contribution in [0.4, 0.5) is 10.6 Å². The minimum atomic E-state index is -1.17. The number of hydrogen-bond acceptors (Lipinski definition) is 5. The summed E-state index contributed by atoms with van der Waals surface area (Å²) in [5.74, 6) is -0.638. The molecule has 0 aliphatic carbocycles. The zero-order valence-electron chi connectivity index (χ0n) is 10.8. The number of amides is 1. The van der Waals surface area contributed by atoms with Crippen LogP contribution >= 0.6 is 11.6 Å². The number of carbonyl (C=O) groups excluding carboxylic acids is 1. The molecule has 1 atom stereocenters. The van der Waals surface area contributed by atoms with Gasteiger partial charge in [0, 0.05) is 13.1 Å². The van der Waals surface area contributed by atoms with E-state index >= 15 is 0 Å². The predicted octanol–water partition coefficient (Wildman–Crippen LogP) is 1.37. The lowest BCUT2D eigenvalue weighted by molar-refractivity contribution is 0.0690. The maximum atomic E-state index is 11.1. The van der Waals surface area contributed by atoms with E-state index in [4.69, 9.17) is 16.7 Å². The van der Waals surface area contributed by atoms with Crippen LogP contribution in [0.5, 0.6) is 0 Å². The van der Waals surface area contributed by atoms with Gasteiger partial charge in [0.25, 0.3) is 0 Å². The van der Waals surface area contributed by atoms with Crippen molar-refractivity contribution in [3.8, 4) is 0 Å². The van der Waals surface area contributed by atoms with E-state index in [1.54, 1.807) is 6.07 Å². The third kappa shape index (κ3) is 3.11. The number of hydrogen-bond donors (Lipinski definition) is 2. The van der Waals surface area contributed by atoms with Gasteiger partial charge in [-0.15, -0.1) is 0 Å². The summed E-state index contributed by atoms with van der Waals surface area (Å²) in [6, 6.07) is 3.12. The molecule has 1 fully saturated rings. The zero-order valence-corrected chi connectivity index (χ0v) is 11.6. The average Bonchev–Trinajstić information content (AvgIpc) is 2.87. The van der Waals surface area contributed by atoms with Crippen molar-refractivity contribution >= 4 is 29.5 Å². The quantitative estimate of drug-likeness (QED) is 0.876. The second-order valence-corrected chi connectivity index (χ2v) is 4.78. The lowest BCUT2D eigenvalue weighted by Gasteiger charge is -2.18. The van der Waals surface area contributed by atoms with Gasteiger partial charge in [0.2, 0.25) is 0 Å². The van der Waals surface area contributed by atoms with Crippen LogP contribution < -0.4 is 10.2 Å². The highest BCUT2D eigenvalue weighted by Crippen LogP contribution is 2.22. The van der Waals surface area contributed by atoms with Crippen LogP contribution in [0, 0.1) is 0 Å². The maximum absolute atomic E-state index is 11.1. The van der Waals surface area contributed by atoms with Crippen molar-refractivity contribution in [3.05, 3.63) is 22.8 Å². The number of rotatable bonds is 3. The smallest absolute Gasteiger partial charge is 0.407 e. The largest absolute Gasteiger partial charge is 0.476 e. The predicted molar refractivity (Wildman–Crippen MR) is 72.4 cm³/mol. The molecule has 7 nitrogen and oxygen atoms in total. The molecule has 0 spiro atoms. The van der Waals surface area contributed by atoms with E-state index in [1.807, 2.05) is 4.90 Å². The molecule has 108 valence electrons. The summed E-state index contributed by atoms with van der Waals surface area (Å²) in [5.41, 5.74) is -0.173. The van der Waals surface area contributed by atoms with E-state index in [-0.39, 0.29) is 16.8 Å². The molecule has 1 saturated heterocycles. The molecule has 20 heavy (non-hydrogen) atoms. The molecule has 1 unspecified atom stereocenters. The number of carbonyl (C=O) groups is 2. The Bertz CT molecular complexity index is 537. The minimum Gasteiger partial charge on any atom is -0.476 e. The molecule has 1 aliphatic rings. The van der Waals surface area contributed by atoms with E-state index < -0.39 is 12.1 Å². The second kappa shape index (κ2) is 5.96. The topological polar surface area (TPSA) is 91.8 Å². The van der Waals surface area contributed by atoms with Gasteiger partial charge in [-0.25, -0.2) is 14.6 Å². The van der Waals surface area contributed by atoms with Gasteiger partial charge < -0.3 is 20.1 Å². The van der Waals surface area contributed by atoms with Crippen molar-refractivity contribution in [1.82, 2.24) is 10.3 Å². The zero-order chi connectivity index (χ0) is 14.7. The fourth-order valence-corrected chi connectivity index (χ4v) is 2.26. The third-order valence-electron chi connectivity index (χ3n) is 3.05. The normalized spacial score (nSPS) is 17.9. The standard InChI is InChI=1S/C12H14ClN3O4/c1-20-12(19)14-7-4-5-16(6-7)9-3-2-8(13)10(15-9)11(17)18/h2-3,7H,4-6H2,1H3,(H,14,19)(H,17,18). The molecule has 1 aliphatic heterocycles. The monoisotopic (exact) mass is 299 g/mol. The Morgan fingerprint density at radius 1 is 1.55 bits per heavy atom. The summed E-state index contributed by atoms with van der Waals surface area (Å²) in [6.45, 7) is 1.21. The molecule has 8 heteroatoms. The first-order valence-electron chi connectivity index (χ1n) is 6.00. The van der Waals surface area contributed by atoms with Crippen LogP contribution in [0.1, 0.15) is 16.9 Å². The highest BCUT2D eigenvalue weighted by molar-refractivity contribution is 6.33. The number of anilines is 1. The van der Waals surface area contributed by atoms with E-state index in [2.05, 4.69) is 15.0 Å². The molecule has 2 N–H and O–H groups in total. The summed E-state index contributed by atoms with van der Waals surface area (Å²) in [4.78, 5) is 28.1. The molecular formula is C12H14ClN3O4. The number of aromatic nitrogens is 1. The highest BCUT2D eigenvalue weighted by Gasteiger charge is 2.26. The minimum absolute atomic E-state index is 0.0480. The first-order chi connectivity index (χ1) is 9.51. The van der Waals surface area contributed by atoms with Gasteiger partial charge in [-0.1, -0.05) is 11.6 Å². The maximum Gasteiger partial charge on any atom is 0.407 e. The Labute approximate surface area is 120 Å². The van der Waals surface area contributed by atoms with Gasteiger partial charge >= 0.3 is 12.1 Å². The van der Waals surface area contributed by atoms with E-state index in [0.29, 0.717) is 18.9 Å². The number of halogens is 1. The van der Waals surface area contributed by atoms with Gasteiger partial charge in [0.05, 0.1) is 18.2 Å². The molecule has 0 aromatic carbocycles. The summed E-state index contributed by atoms with van der Waals surface area (Å²) in [7, 11) is 1.31. The Morgan fingerprint density at radius 2 is 2.30 bits per heavy atom. The lowest BCUT2D eigenvalue weighted by atomic mass is 10.3. The second-order valence-electron chi connectivity index (χ2n) is 4.37. The summed E-state index contributed by atoms with van der Waals surface area (Å²) < 4.78 is 4.54. The molecule has 2 rings (SSSR count). The Balaban J connectivity index is 2.08. The highest BCUT2D eigenvalue weighted by atomic mass is 35.5. The lowest BCUT2D eigenvalue weighted by Crippen LogP contribution is -2.37. The van der Waals surface area contributed by atoms with Crippen LogP contribution in [0.25, 0.3) is 0 Å². The molecule has 0 bridgehead atoms. The number of aromatic carboxylic acids is 1.